The van der Waals surface area contributed by atoms with Gasteiger partial charge in [0.2, 0.25) is 0 Å². The lowest BCUT2D eigenvalue weighted by Crippen LogP contribution is -2.22. The molecule has 1 saturated heterocycles. The summed E-state index contributed by atoms with van der Waals surface area (Å²) in [5.74, 6) is 2.44. The second-order valence-electron chi connectivity index (χ2n) is 7.24. The Morgan fingerprint density at radius 3 is 2.81 bits per heavy atom. The number of nitrogens with one attached hydrogen (secondary N) is 1. The van der Waals surface area contributed by atoms with Crippen molar-refractivity contribution >= 4 is 16.7 Å². The summed E-state index contributed by atoms with van der Waals surface area (Å²) in [7, 11) is 3.60. The second-order valence-corrected chi connectivity index (χ2v) is 7.24. The van der Waals surface area contributed by atoms with E-state index in [9.17, 15) is 0 Å². The van der Waals surface area contributed by atoms with Crippen molar-refractivity contribution in [3.8, 4) is 11.5 Å². The van der Waals surface area contributed by atoms with Crippen molar-refractivity contribution in [1.29, 1.82) is 0 Å². The highest BCUT2D eigenvalue weighted by Crippen LogP contribution is 2.37. The predicted molar refractivity (Wildman–Crippen MR) is 107 cm³/mol. The Labute approximate surface area is 160 Å². The lowest BCUT2D eigenvalue weighted by atomic mass is 9.98. The third-order valence-electron chi connectivity index (χ3n) is 5.54. The average molecular weight is 371 g/mol. The Hall–Kier alpha value is -2.05. The highest BCUT2D eigenvalue weighted by Gasteiger charge is 2.20. The zero-order chi connectivity index (χ0) is 18.6. The molecule has 0 spiro atoms. The summed E-state index contributed by atoms with van der Waals surface area (Å²) in [5.41, 5.74) is 3.39. The minimum absolute atomic E-state index is 0.603. The van der Waals surface area contributed by atoms with Gasteiger partial charge in [0.25, 0.3) is 0 Å². The number of methoxy groups -OCH3 is 1. The standard InChI is InChI=1S/C21H29N3O3/c1-22-21-17-14-26-11-6-15(17)16-12-19(25-2)20(13-18(16)23-21)27-10-5-9-24-7-3-4-8-24/h12-13H,3-11,14H2,1-2H3,(H,22,23). The van der Waals surface area contributed by atoms with Crippen LogP contribution in [0.2, 0.25) is 0 Å². The first-order valence-corrected chi connectivity index (χ1v) is 9.94. The smallest absolute Gasteiger partial charge is 0.163 e. The molecule has 0 unspecified atom stereocenters. The van der Waals surface area contributed by atoms with Crippen molar-refractivity contribution in [2.75, 3.05) is 52.3 Å². The molecule has 1 aromatic heterocycles. The third-order valence-corrected chi connectivity index (χ3v) is 5.54. The second kappa shape index (κ2) is 8.31. The summed E-state index contributed by atoms with van der Waals surface area (Å²) in [6, 6.07) is 4.09. The first-order valence-electron chi connectivity index (χ1n) is 9.94. The van der Waals surface area contributed by atoms with Crippen LogP contribution in [-0.2, 0) is 17.8 Å². The van der Waals surface area contributed by atoms with E-state index in [2.05, 4.69) is 16.3 Å². The lowest BCUT2D eigenvalue weighted by Gasteiger charge is -2.22. The summed E-state index contributed by atoms with van der Waals surface area (Å²) in [4.78, 5) is 7.31. The van der Waals surface area contributed by atoms with E-state index in [1.54, 1.807) is 7.11 Å². The lowest BCUT2D eigenvalue weighted by molar-refractivity contribution is 0.111. The molecule has 1 N–H and O–H groups in total. The number of ether oxygens (including phenoxy) is 3. The van der Waals surface area contributed by atoms with Crippen LogP contribution >= 0.6 is 0 Å². The summed E-state index contributed by atoms with van der Waals surface area (Å²) in [6.07, 6.45) is 4.57. The predicted octanol–water partition coefficient (Wildman–Crippen LogP) is 3.22. The van der Waals surface area contributed by atoms with Gasteiger partial charge in [-0.1, -0.05) is 0 Å². The van der Waals surface area contributed by atoms with Crippen molar-refractivity contribution in [2.45, 2.75) is 32.3 Å². The minimum Gasteiger partial charge on any atom is -0.493 e. The van der Waals surface area contributed by atoms with Gasteiger partial charge in [0, 0.05) is 30.6 Å². The van der Waals surface area contributed by atoms with Crippen molar-refractivity contribution in [1.82, 2.24) is 9.88 Å². The largest absolute Gasteiger partial charge is 0.493 e. The molecular weight excluding hydrogens is 342 g/mol. The van der Waals surface area contributed by atoms with Crippen LogP contribution in [0.1, 0.15) is 30.4 Å². The molecule has 0 aliphatic carbocycles. The maximum Gasteiger partial charge on any atom is 0.163 e. The van der Waals surface area contributed by atoms with E-state index in [-0.39, 0.29) is 0 Å². The van der Waals surface area contributed by atoms with Gasteiger partial charge in [-0.3, -0.25) is 0 Å². The molecule has 0 saturated carbocycles. The van der Waals surface area contributed by atoms with Crippen molar-refractivity contribution in [2.24, 2.45) is 0 Å². The Kier molecular flexibility index (Phi) is 5.64. The van der Waals surface area contributed by atoms with Crippen LogP contribution in [0.5, 0.6) is 11.5 Å². The Morgan fingerprint density at radius 2 is 2.04 bits per heavy atom. The summed E-state index contributed by atoms with van der Waals surface area (Å²) in [5, 5.41) is 4.34. The molecule has 0 bridgehead atoms. The van der Waals surface area contributed by atoms with Gasteiger partial charge >= 0.3 is 0 Å². The average Bonchev–Trinajstić information content (AvgIpc) is 3.23. The monoisotopic (exact) mass is 371 g/mol. The third kappa shape index (κ3) is 3.82. The van der Waals surface area contributed by atoms with Gasteiger partial charge in [0.15, 0.2) is 11.5 Å². The first-order chi connectivity index (χ1) is 13.3. The highest BCUT2D eigenvalue weighted by molar-refractivity contribution is 5.89. The van der Waals surface area contributed by atoms with Gasteiger partial charge in [-0.2, -0.15) is 0 Å². The number of nitrogens with zero attached hydrogens (tertiary/aromatic N) is 2. The molecule has 27 heavy (non-hydrogen) atoms. The molecule has 2 aromatic rings. The van der Waals surface area contributed by atoms with E-state index in [1.165, 1.54) is 31.5 Å². The number of aromatic nitrogens is 1. The number of benzene rings is 1. The Balaban J connectivity index is 1.57. The van der Waals surface area contributed by atoms with Crippen LogP contribution in [0.3, 0.4) is 0 Å². The molecule has 6 heteroatoms. The van der Waals surface area contributed by atoms with E-state index in [0.717, 1.165) is 59.8 Å². The van der Waals surface area contributed by atoms with Gasteiger partial charge in [-0.15, -0.1) is 0 Å². The summed E-state index contributed by atoms with van der Waals surface area (Å²) >= 11 is 0. The van der Waals surface area contributed by atoms with E-state index in [1.807, 2.05) is 13.1 Å². The van der Waals surface area contributed by atoms with E-state index in [0.29, 0.717) is 13.2 Å². The molecule has 0 amide bonds. The van der Waals surface area contributed by atoms with Crippen molar-refractivity contribution in [3.05, 3.63) is 23.3 Å². The zero-order valence-corrected chi connectivity index (χ0v) is 16.3. The number of hydrogen-bond donors (Lipinski definition) is 1. The number of likely N-dealkylation sites (tertiary alicyclic amines) is 1. The number of fused-ring (bicyclic) bond motifs is 3. The maximum absolute atomic E-state index is 6.08. The van der Waals surface area contributed by atoms with Crippen molar-refractivity contribution < 1.29 is 14.2 Å². The fourth-order valence-electron chi connectivity index (χ4n) is 4.12. The maximum atomic E-state index is 6.08. The number of pyridine rings is 1. The van der Waals surface area contributed by atoms with Crippen LogP contribution in [0.4, 0.5) is 5.82 Å². The van der Waals surface area contributed by atoms with Gasteiger partial charge < -0.3 is 24.4 Å². The number of anilines is 1. The quantitative estimate of drug-likeness (QED) is 0.754. The number of hydrogen-bond acceptors (Lipinski definition) is 6. The van der Waals surface area contributed by atoms with E-state index in [4.69, 9.17) is 19.2 Å². The molecule has 1 fully saturated rings. The number of rotatable bonds is 7. The molecule has 3 heterocycles. The van der Waals surface area contributed by atoms with Gasteiger partial charge in [-0.25, -0.2) is 4.98 Å². The van der Waals surface area contributed by atoms with Gasteiger partial charge in [-0.05, 0) is 50.4 Å². The first kappa shape index (κ1) is 18.3. The van der Waals surface area contributed by atoms with Crippen LogP contribution in [0.25, 0.3) is 10.9 Å². The summed E-state index contributed by atoms with van der Waals surface area (Å²) in [6.45, 7) is 5.59. The molecule has 4 rings (SSSR count). The molecule has 6 nitrogen and oxygen atoms in total. The molecular formula is C21H29N3O3. The molecule has 0 atom stereocenters. The molecule has 146 valence electrons. The topological polar surface area (TPSA) is 55.9 Å². The fraction of sp³-hybridized carbons (Fsp3) is 0.571. The van der Waals surface area contributed by atoms with Gasteiger partial charge in [0.1, 0.15) is 5.82 Å². The van der Waals surface area contributed by atoms with Crippen LogP contribution in [0, 0.1) is 0 Å². The molecule has 2 aliphatic rings. The zero-order valence-electron chi connectivity index (χ0n) is 16.3. The fourth-order valence-corrected chi connectivity index (χ4v) is 4.12. The van der Waals surface area contributed by atoms with Crippen LogP contribution in [0.15, 0.2) is 12.1 Å². The summed E-state index contributed by atoms with van der Waals surface area (Å²) < 4.78 is 17.3. The van der Waals surface area contributed by atoms with E-state index < -0.39 is 0 Å². The minimum atomic E-state index is 0.603. The van der Waals surface area contributed by atoms with Crippen LogP contribution < -0.4 is 14.8 Å². The normalized spacial score (nSPS) is 17.1. The Bertz CT molecular complexity index is 803. The molecule has 2 aliphatic heterocycles. The molecule has 1 aromatic carbocycles. The SMILES string of the molecule is CNc1nc2cc(OCCCN3CCCC3)c(OC)cc2c2c1COCC2. The van der Waals surface area contributed by atoms with E-state index >= 15 is 0 Å². The molecule has 0 radical (unpaired) electrons. The highest BCUT2D eigenvalue weighted by atomic mass is 16.5. The Morgan fingerprint density at radius 1 is 1.19 bits per heavy atom. The van der Waals surface area contributed by atoms with Crippen LogP contribution in [-0.4, -0.2) is 56.9 Å². The van der Waals surface area contributed by atoms with Gasteiger partial charge in [0.05, 0.1) is 32.4 Å². The van der Waals surface area contributed by atoms with Crippen molar-refractivity contribution in [3.63, 3.8) is 0 Å².